The first kappa shape index (κ1) is 13.9. The first-order valence-corrected chi connectivity index (χ1v) is 7.72. The molecule has 0 bridgehead atoms. The maximum atomic E-state index is 12.2. The molecule has 1 aliphatic carbocycles. The molecule has 0 unspecified atom stereocenters. The Hall–Kier alpha value is -0.550. The predicted molar refractivity (Wildman–Crippen MR) is 81.5 cm³/mol. The summed E-state index contributed by atoms with van der Waals surface area (Å²) in [5, 5.41) is 2.94. The van der Waals surface area contributed by atoms with E-state index >= 15 is 0 Å². The topological polar surface area (TPSA) is 55.1 Å². The molecule has 5 heteroatoms. The van der Waals surface area contributed by atoms with Crippen LogP contribution in [0.4, 0.5) is 11.4 Å². The molecule has 1 amide bonds. The van der Waals surface area contributed by atoms with Gasteiger partial charge in [0.15, 0.2) is 0 Å². The lowest BCUT2D eigenvalue weighted by Crippen LogP contribution is -2.25. The number of halogens is 2. The number of hydrogen-bond donors (Lipinski definition) is 2. The second-order valence-electron chi connectivity index (χ2n) is 4.68. The third-order valence-electron chi connectivity index (χ3n) is 3.31. The van der Waals surface area contributed by atoms with Gasteiger partial charge in [-0.15, -0.1) is 0 Å². The normalized spacial score (nSPS) is 16.6. The van der Waals surface area contributed by atoms with E-state index in [2.05, 4.69) is 37.2 Å². The molecule has 3 N–H and O–H groups in total. The van der Waals surface area contributed by atoms with E-state index in [-0.39, 0.29) is 11.8 Å². The van der Waals surface area contributed by atoms with Crippen LogP contribution in [0.3, 0.4) is 0 Å². The number of anilines is 2. The average Bonchev–Trinajstić information content (AvgIpc) is 2.34. The number of nitrogens with one attached hydrogen (secondary N) is 1. The highest BCUT2D eigenvalue weighted by Crippen LogP contribution is 2.34. The third kappa shape index (κ3) is 3.26. The van der Waals surface area contributed by atoms with Crippen molar-refractivity contribution < 1.29 is 4.79 Å². The second kappa shape index (κ2) is 6.06. The van der Waals surface area contributed by atoms with Gasteiger partial charge >= 0.3 is 0 Å². The van der Waals surface area contributed by atoms with Crippen LogP contribution in [-0.2, 0) is 4.79 Å². The van der Waals surface area contributed by atoms with Crippen LogP contribution in [0.1, 0.15) is 32.1 Å². The van der Waals surface area contributed by atoms with Crippen molar-refractivity contribution >= 4 is 49.1 Å². The van der Waals surface area contributed by atoms with Crippen molar-refractivity contribution in [2.24, 2.45) is 5.92 Å². The van der Waals surface area contributed by atoms with Gasteiger partial charge in [0.1, 0.15) is 0 Å². The molecule has 0 atom stereocenters. The SMILES string of the molecule is Nc1cc(Br)cc(Br)c1NC(=O)C1CCCCC1. The summed E-state index contributed by atoms with van der Waals surface area (Å²) in [6, 6.07) is 3.67. The summed E-state index contributed by atoms with van der Waals surface area (Å²) in [7, 11) is 0. The standard InChI is InChI=1S/C13H16Br2N2O/c14-9-6-10(15)12(11(16)7-9)17-13(18)8-4-2-1-3-5-8/h6-8H,1-5,16H2,(H,17,18). The van der Waals surface area contributed by atoms with Crippen LogP contribution in [0.15, 0.2) is 21.1 Å². The number of amides is 1. The Morgan fingerprint density at radius 2 is 1.89 bits per heavy atom. The molecule has 0 heterocycles. The highest BCUT2D eigenvalue weighted by atomic mass is 79.9. The van der Waals surface area contributed by atoms with Crippen LogP contribution < -0.4 is 11.1 Å². The van der Waals surface area contributed by atoms with Gasteiger partial charge in [-0.2, -0.15) is 0 Å². The first-order chi connectivity index (χ1) is 8.58. The highest BCUT2D eigenvalue weighted by molar-refractivity contribution is 9.11. The van der Waals surface area contributed by atoms with Gasteiger partial charge in [0.05, 0.1) is 11.4 Å². The molecule has 0 aliphatic heterocycles. The average molecular weight is 376 g/mol. The summed E-state index contributed by atoms with van der Waals surface area (Å²) >= 11 is 6.79. The Morgan fingerprint density at radius 1 is 1.22 bits per heavy atom. The van der Waals surface area contributed by atoms with Crippen molar-refractivity contribution in [3.8, 4) is 0 Å². The molecule has 0 saturated heterocycles. The van der Waals surface area contributed by atoms with Crippen molar-refractivity contribution in [2.45, 2.75) is 32.1 Å². The van der Waals surface area contributed by atoms with Crippen molar-refractivity contribution in [3.05, 3.63) is 21.1 Å². The molecule has 18 heavy (non-hydrogen) atoms. The lowest BCUT2D eigenvalue weighted by Gasteiger charge is -2.21. The Balaban J connectivity index is 2.11. The molecule has 0 spiro atoms. The van der Waals surface area contributed by atoms with Crippen molar-refractivity contribution in [1.82, 2.24) is 0 Å². The summed E-state index contributed by atoms with van der Waals surface area (Å²) < 4.78 is 1.70. The van der Waals surface area contributed by atoms with Crippen LogP contribution in [0.5, 0.6) is 0 Å². The Bertz CT molecular complexity index is 433. The summed E-state index contributed by atoms with van der Waals surface area (Å²) in [4.78, 5) is 12.2. The van der Waals surface area contributed by atoms with E-state index < -0.39 is 0 Å². The second-order valence-corrected chi connectivity index (χ2v) is 6.45. The number of hydrogen-bond acceptors (Lipinski definition) is 2. The highest BCUT2D eigenvalue weighted by Gasteiger charge is 2.22. The minimum Gasteiger partial charge on any atom is -0.397 e. The third-order valence-corrected chi connectivity index (χ3v) is 4.39. The van der Waals surface area contributed by atoms with Gasteiger partial charge in [-0.3, -0.25) is 4.79 Å². The zero-order valence-electron chi connectivity index (χ0n) is 10.0. The lowest BCUT2D eigenvalue weighted by atomic mass is 9.88. The van der Waals surface area contributed by atoms with Crippen LogP contribution >= 0.6 is 31.9 Å². The van der Waals surface area contributed by atoms with Gasteiger partial charge in [0.2, 0.25) is 5.91 Å². The lowest BCUT2D eigenvalue weighted by molar-refractivity contribution is -0.120. The Kier molecular flexibility index (Phi) is 4.67. The molecule has 2 rings (SSSR count). The monoisotopic (exact) mass is 374 g/mol. The van der Waals surface area contributed by atoms with Gasteiger partial charge in [-0.05, 0) is 40.9 Å². The summed E-state index contributed by atoms with van der Waals surface area (Å²) in [6.07, 6.45) is 5.51. The number of carbonyl (C=O) groups excluding carboxylic acids is 1. The van der Waals surface area contributed by atoms with E-state index in [4.69, 9.17) is 5.73 Å². The Morgan fingerprint density at radius 3 is 2.50 bits per heavy atom. The van der Waals surface area contributed by atoms with E-state index in [1.807, 2.05) is 6.07 Å². The molecular formula is C13H16Br2N2O. The van der Waals surface area contributed by atoms with Gasteiger partial charge < -0.3 is 11.1 Å². The van der Waals surface area contributed by atoms with Crippen LogP contribution in [0.25, 0.3) is 0 Å². The maximum absolute atomic E-state index is 12.2. The molecule has 0 radical (unpaired) electrons. The molecule has 1 fully saturated rings. The minimum absolute atomic E-state index is 0.0874. The number of carbonyl (C=O) groups is 1. The van der Waals surface area contributed by atoms with Gasteiger partial charge in [0.25, 0.3) is 0 Å². The molecule has 0 aromatic heterocycles. The molecular weight excluding hydrogens is 360 g/mol. The molecule has 98 valence electrons. The predicted octanol–water partition coefficient (Wildman–Crippen LogP) is 4.31. The summed E-state index contributed by atoms with van der Waals surface area (Å²) in [5.74, 6) is 0.220. The minimum atomic E-state index is 0.0874. The van der Waals surface area contributed by atoms with Crippen molar-refractivity contribution in [2.75, 3.05) is 11.1 Å². The summed E-state index contributed by atoms with van der Waals surface area (Å²) in [6.45, 7) is 0. The molecule has 1 saturated carbocycles. The maximum Gasteiger partial charge on any atom is 0.227 e. The number of benzene rings is 1. The van der Waals surface area contributed by atoms with E-state index in [0.29, 0.717) is 11.4 Å². The zero-order chi connectivity index (χ0) is 13.1. The number of nitrogens with two attached hydrogens (primary N) is 1. The van der Waals surface area contributed by atoms with Crippen LogP contribution in [0, 0.1) is 5.92 Å². The number of rotatable bonds is 2. The van der Waals surface area contributed by atoms with E-state index in [1.165, 1.54) is 6.42 Å². The van der Waals surface area contributed by atoms with Gasteiger partial charge in [-0.25, -0.2) is 0 Å². The fourth-order valence-electron chi connectivity index (χ4n) is 2.32. The molecule has 1 aromatic rings. The molecule has 1 aromatic carbocycles. The number of nitrogen functional groups attached to an aromatic ring is 1. The first-order valence-electron chi connectivity index (χ1n) is 6.13. The van der Waals surface area contributed by atoms with Crippen LogP contribution in [0.2, 0.25) is 0 Å². The fraction of sp³-hybridized carbons (Fsp3) is 0.462. The molecule has 3 nitrogen and oxygen atoms in total. The largest absolute Gasteiger partial charge is 0.397 e. The molecule has 1 aliphatic rings. The van der Waals surface area contributed by atoms with E-state index in [0.717, 1.165) is 34.6 Å². The Labute approximate surface area is 124 Å². The van der Waals surface area contributed by atoms with Crippen LogP contribution in [-0.4, -0.2) is 5.91 Å². The van der Waals surface area contributed by atoms with E-state index in [9.17, 15) is 4.79 Å². The van der Waals surface area contributed by atoms with Gasteiger partial charge in [0, 0.05) is 14.9 Å². The quantitative estimate of drug-likeness (QED) is 0.756. The van der Waals surface area contributed by atoms with E-state index in [1.54, 1.807) is 6.07 Å². The van der Waals surface area contributed by atoms with Crippen molar-refractivity contribution in [1.29, 1.82) is 0 Å². The van der Waals surface area contributed by atoms with Gasteiger partial charge in [-0.1, -0.05) is 35.2 Å². The summed E-state index contributed by atoms with van der Waals surface area (Å²) in [5.41, 5.74) is 7.17. The fourth-order valence-corrected chi connectivity index (χ4v) is 3.67. The smallest absolute Gasteiger partial charge is 0.227 e. The van der Waals surface area contributed by atoms with Crippen molar-refractivity contribution in [3.63, 3.8) is 0 Å². The zero-order valence-corrected chi connectivity index (χ0v) is 13.2.